The Kier molecular flexibility index (Phi) is 5.94. The monoisotopic (exact) mass is 430 g/mol. The predicted octanol–water partition coefficient (Wildman–Crippen LogP) is 4.53. The van der Waals surface area contributed by atoms with Crippen molar-refractivity contribution in [1.82, 2.24) is 0 Å². The Bertz CT molecular complexity index is 1220. The van der Waals surface area contributed by atoms with E-state index in [0.717, 1.165) is 11.1 Å². The zero-order chi connectivity index (χ0) is 22.5. The van der Waals surface area contributed by atoms with Gasteiger partial charge in [-0.3, -0.25) is 10.1 Å². The van der Waals surface area contributed by atoms with E-state index in [0.29, 0.717) is 17.1 Å². The minimum Gasteiger partial charge on any atom is -0.493 e. The molecule has 0 radical (unpaired) electrons. The number of methoxy groups -OCH3 is 1. The molecule has 0 fully saturated rings. The first-order valence-electron chi connectivity index (χ1n) is 9.65. The van der Waals surface area contributed by atoms with Crippen LogP contribution in [0, 0.1) is 10.1 Å². The van der Waals surface area contributed by atoms with E-state index in [9.17, 15) is 14.9 Å². The third-order valence-electron chi connectivity index (χ3n) is 4.67. The SMILES string of the molecule is COc1cc(/C=C2/N=C(c3ccccc3)OC2=O)ccc1OCc1ccc([N+](=O)[O-])cc1. The van der Waals surface area contributed by atoms with Crippen molar-refractivity contribution in [1.29, 1.82) is 0 Å². The van der Waals surface area contributed by atoms with Gasteiger partial charge in [-0.2, -0.15) is 0 Å². The summed E-state index contributed by atoms with van der Waals surface area (Å²) in [6, 6.07) is 20.5. The van der Waals surface area contributed by atoms with Crippen LogP contribution >= 0.6 is 0 Å². The molecule has 0 saturated carbocycles. The molecule has 0 unspecified atom stereocenters. The Hall–Kier alpha value is -4.46. The summed E-state index contributed by atoms with van der Waals surface area (Å²) in [7, 11) is 1.51. The number of nitro groups is 1. The van der Waals surface area contributed by atoms with Gasteiger partial charge in [0.2, 0.25) is 5.90 Å². The Morgan fingerprint density at radius 2 is 1.78 bits per heavy atom. The van der Waals surface area contributed by atoms with Crippen LogP contribution in [0.15, 0.2) is 83.5 Å². The number of benzene rings is 3. The summed E-state index contributed by atoms with van der Waals surface area (Å²) < 4.78 is 16.5. The summed E-state index contributed by atoms with van der Waals surface area (Å²) in [4.78, 5) is 26.8. The fourth-order valence-electron chi connectivity index (χ4n) is 3.04. The molecular weight excluding hydrogens is 412 g/mol. The van der Waals surface area contributed by atoms with Gasteiger partial charge in [-0.15, -0.1) is 0 Å². The van der Waals surface area contributed by atoms with E-state index in [1.807, 2.05) is 30.3 Å². The van der Waals surface area contributed by atoms with Gasteiger partial charge in [-0.25, -0.2) is 9.79 Å². The van der Waals surface area contributed by atoms with Crippen LogP contribution in [-0.2, 0) is 16.1 Å². The summed E-state index contributed by atoms with van der Waals surface area (Å²) in [6.07, 6.45) is 1.61. The van der Waals surface area contributed by atoms with Crippen molar-refractivity contribution in [2.75, 3.05) is 7.11 Å². The zero-order valence-corrected chi connectivity index (χ0v) is 17.1. The molecule has 32 heavy (non-hydrogen) atoms. The molecule has 3 aromatic carbocycles. The van der Waals surface area contributed by atoms with Gasteiger partial charge >= 0.3 is 5.97 Å². The van der Waals surface area contributed by atoms with Gasteiger partial charge in [-0.1, -0.05) is 24.3 Å². The lowest BCUT2D eigenvalue weighted by Gasteiger charge is -2.11. The van der Waals surface area contributed by atoms with E-state index >= 15 is 0 Å². The molecule has 0 N–H and O–H groups in total. The first-order valence-corrected chi connectivity index (χ1v) is 9.65. The van der Waals surface area contributed by atoms with Gasteiger partial charge in [0.1, 0.15) is 6.61 Å². The van der Waals surface area contributed by atoms with Gasteiger partial charge < -0.3 is 14.2 Å². The second-order valence-electron chi connectivity index (χ2n) is 6.82. The van der Waals surface area contributed by atoms with Gasteiger partial charge in [-0.05, 0) is 53.6 Å². The standard InChI is InChI=1S/C24H18N2O6/c1-30-22-14-17(13-20-24(27)32-23(25-20)18-5-3-2-4-6-18)9-12-21(22)31-15-16-7-10-19(11-8-16)26(28)29/h2-14H,15H2,1H3/b20-13+. The average molecular weight is 430 g/mol. The van der Waals surface area contributed by atoms with E-state index in [4.69, 9.17) is 14.2 Å². The molecular formula is C24H18N2O6. The normalized spacial score (nSPS) is 14.1. The lowest BCUT2D eigenvalue weighted by molar-refractivity contribution is -0.384. The van der Waals surface area contributed by atoms with Crippen molar-refractivity contribution in [3.05, 3.63) is 105 Å². The van der Waals surface area contributed by atoms with Crippen LogP contribution in [0.25, 0.3) is 6.08 Å². The lowest BCUT2D eigenvalue weighted by atomic mass is 10.1. The number of hydrogen-bond acceptors (Lipinski definition) is 7. The summed E-state index contributed by atoms with van der Waals surface area (Å²) in [5.41, 5.74) is 2.39. The highest BCUT2D eigenvalue weighted by molar-refractivity contribution is 6.12. The second-order valence-corrected chi connectivity index (χ2v) is 6.82. The number of cyclic esters (lactones) is 1. The van der Waals surface area contributed by atoms with Crippen LogP contribution in [0.5, 0.6) is 11.5 Å². The maximum Gasteiger partial charge on any atom is 0.363 e. The average Bonchev–Trinajstić information content (AvgIpc) is 3.19. The highest BCUT2D eigenvalue weighted by Crippen LogP contribution is 2.30. The van der Waals surface area contributed by atoms with Crippen molar-refractivity contribution in [2.45, 2.75) is 6.61 Å². The minimum absolute atomic E-state index is 0.0206. The molecule has 1 aliphatic rings. The van der Waals surface area contributed by atoms with E-state index in [1.165, 1.54) is 19.2 Å². The number of hydrogen-bond donors (Lipinski definition) is 0. The number of ether oxygens (including phenoxy) is 3. The Morgan fingerprint density at radius 3 is 2.47 bits per heavy atom. The molecule has 0 saturated heterocycles. The third kappa shape index (κ3) is 4.65. The van der Waals surface area contributed by atoms with Crippen molar-refractivity contribution in [3.63, 3.8) is 0 Å². The van der Waals surface area contributed by atoms with Gasteiger partial charge in [0, 0.05) is 17.7 Å². The molecule has 0 aromatic heterocycles. The van der Waals surface area contributed by atoms with Crippen molar-refractivity contribution in [3.8, 4) is 11.5 Å². The van der Waals surface area contributed by atoms with E-state index < -0.39 is 10.9 Å². The molecule has 0 spiro atoms. The number of nitro benzene ring substituents is 1. The van der Waals surface area contributed by atoms with Crippen LogP contribution < -0.4 is 9.47 Å². The van der Waals surface area contributed by atoms with Gasteiger partial charge in [0.05, 0.1) is 12.0 Å². The minimum atomic E-state index is -0.527. The number of aliphatic imine (C=N–C) groups is 1. The molecule has 3 aromatic rings. The van der Waals surface area contributed by atoms with E-state index in [2.05, 4.69) is 4.99 Å². The van der Waals surface area contributed by atoms with Crippen LogP contribution in [0.1, 0.15) is 16.7 Å². The summed E-state index contributed by atoms with van der Waals surface area (Å²) in [5, 5.41) is 10.8. The van der Waals surface area contributed by atoms with Crippen LogP contribution in [-0.4, -0.2) is 23.9 Å². The Labute approximate surface area is 183 Å². The highest BCUT2D eigenvalue weighted by Gasteiger charge is 2.24. The molecule has 160 valence electrons. The maximum absolute atomic E-state index is 12.2. The molecule has 8 nitrogen and oxygen atoms in total. The number of carbonyl (C=O) groups excluding carboxylic acids is 1. The number of carbonyl (C=O) groups is 1. The molecule has 0 atom stereocenters. The molecule has 0 amide bonds. The molecule has 4 rings (SSSR count). The molecule has 8 heteroatoms. The number of non-ortho nitro benzene ring substituents is 1. The number of nitrogens with zero attached hydrogens (tertiary/aromatic N) is 2. The maximum atomic E-state index is 12.2. The van der Waals surface area contributed by atoms with Crippen molar-refractivity contribution < 1.29 is 23.9 Å². The van der Waals surface area contributed by atoms with Gasteiger partial charge in [0.25, 0.3) is 5.69 Å². The van der Waals surface area contributed by atoms with E-state index in [-0.39, 0.29) is 23.9 Å². The molecule has 1 heterocycles. The smallest absolute Gasteiger partial charge is 0.363 e. The number of rotatable bonds is 7. The van der Waals surface area contributed by atoms with Crippen LogP contribution in [0.2, 0.25) is 0 Å². The summed E-state index contributed by atoms with van der Waals surface area (Å²) in [6.45, 7) is 0.214. The van der Waals surface area contributed by atoms with Crippen molar-refractivity contribution >= 4 is 23.6 Å². The number of esters is 1. The fourth-order valence-corrected chi connectivity index (χ4v) is 3.04. The molecule has 1 aliphatic heterocycles. The van der Waals surface area contributed by atoms with E-state index in [1.54, 1.807) is 36.4 Å². The second kappa shape index (κ2) is 9.13. The highest BCUT2D eigenvalue weighted by atomic mass is 16.6. The summed E-state index contributed by atoms with van der Waals surface area (Å²) in [5.74, 6) is 0.702. The quantitative estimate of drug-likeness (QED) is 0.236. The first kappa shape index (κ1) is 20.8. The van der Waals surface area contributed by atoms with Crippen molar-refractivity contribution in [2.24, 2.45) is 4.99 Å². The predicted molar refractivity (Wildman–Crippen MR) is 117 cm³/mol. The topological polar surface area (TPSA) is 100 Å². The Balaban J connectivity index is 1.50. The molecule has 0 aliphatic carbocycles. The van der Waals surface area contributed by atoms with Crippen LogP contribution in [0.3, 0.4) is 0 Å². The van der Waals surface area contributed by atoms with Crippen LogP contribution in [0.4, 0.5) is 5.69 Å². The fraction of sp³-hybridized carbons (Fsp3) is 0.0833. The third-order valence-corrected chi connectivity index (χ3v) is 4.67. The Morgan fingerprint density at radius 1 is 1.03 bits per heavy atom. The first-order chi connectivity index (χ1) is 15.5. The lowest BCUT2D eigenvalue weighted by Crippen LogP contribution is -2.04. The molecule has 0 bridgehead atoms. The van der Waals surface area contributed by atoms with Gasteiger partial charge in [0.15, 0.2) is 17.2 Å². The zero-order valence-electron chi connectivity index (χ0n) is 17.1. The largest absolute Gasteiger partial charge is 0.493 e. The summed E-state index contributed by atoms with van der Waals surface area (Å²) >= 11 is 0.